The molecule has 1 heterocycles. The molecule has 1 aromatic carbocycles. The van der Waals surface area contributed by atoms with Gasteiger partial charge in [-0.05, 0) is 31.9 Å². The summed E-state index contributed by atoms with van der Waals surface area (Å²) in [6, 6.07) is 6.03. The van der Waals surface area contributed by atoms with Crippen LogP contribution in [0.3, 0.4) is 0 Å². The minimum absolute atomic E-state index is 0.573. The lowest BCUT2D eigenvalue weighted by Crippen LogP contribution is -2.30. The van der Waals surface area contributed by atoms with E-state index in [1.807, 2.05) is 32.0 Å². The summed E-state index contributed by atoms with van der Waals surface area (Å²) in [6.45, 7) is 5.42. The first-order valence-electron chi connectivity index (χ1n) is 5.32. The van der Waals surface area contributed by atoms with Crippen LogP contribution in [0.5, 0.6) is 0 Å². The zero-order valence-corrected chi connectivity index (χ0v) is 9.33. The number of hydrogen-bond acceptors (Lipinski definition) is 3. The molecule has 0 bridgehead atoms. The lowest BCUT2D eigenvalue weighted by Gasteiger charge is -2.23. The third kappa shape index (κ3) is 1.92. The molecule has 0 aliphatic carbocycles. The van der Waals surface area contributed by atoms with Crippen LogP contribution in [-0.4, -0.2) is 23.8 Å². The van der Waals surface area contributed by atoms with Crippen molar-refractivity contribution in [1.29, 1.82) is 0 Å². The molecule has 0 saturated carbocycles. The Kier molecular flexibility index (Phi) is 2.35. The normalized spacial score (nSPS) is 25.9. The zero-order valence-electron chi connectivity index (χ0n) is 9.33. The number of hydrogen-bond donors (Lipinski definition) is 2. The van der Waals surface area contributed by atoms with E-state index in [4.69, 9.17) is 5.73 Å². The molecule has 1 atom stereocenters. The van der Waals surface area contributed by atoms with E-state index < -0.39 is 5.60 Å². The van der Waals surface area contributed by atoms with Gasteiger partial charge in [-0.25, -0.2) is 0 Å². The van der Waals surface area contributed by atoms with Gasteiger partial charge in [-0.15, -0.1) is 0 Å². The van der Waals surface area contributed by atoms with Gasteiger partial charge in [-0.2, -0.15) is 0 Å². The number of anilines is 2. The molecule has 15 heavy (non-hydrogen) atoms. The fourth-order valence-corrected chi connectivity index (χ4v) is 2.09. The summed E-state index contributed by atoms with van der Waals surface area (Å²) in [5.74, 6) is 0. The predicted molar refractivity (Wildman–Crippen MR) is 63.0 cm³/mol. The maximum absolute atomic E-state index is 9.90. The van der Waals surface area contributed by atoms with E-state index in [1.54, 1.807) is 0 Å². The summed E-state index contributed by atoms with van der Waals surface area (Å²) < 4.78 is 0. The molecule has 1 saturated heterocycles. The second-order valence-electron chi connectivity index (χ2n) is 4.68. The first-order valence-corrected chi connectivity index (χ1v) is 5.32. The van der Waals surface area contributed by atoms with Gasteiger partial charge in [0, 0.05) is 13.1 Å². The molecule has 3 nitrogen and oxygen atoms in total. The SMILES string of the molecule is Cc1cccc(N2CCC(C)(O)C2)c1N. The smallest absolute Gasteiger partial charge is 0.0810 e. The molecule has 3 N–H and O–H groups in total. The lowest BCUT2D eigenvalue weighted by molar-refractivity contribution is 0.0839. The van der Waals surface area contributed by atoms with Crippen LogP contribution in [0.25, 0.3) is 0 Å². The zero-order chi connectivity index (χ0) is 11.1. The summed E-state index contributed by atoms with van der Waals surface area (Å²) in [6.07, 6.45) is 0.806. The summed E-state index contributed by atoms with van der Waals surface area (Å²) in [5.41, 5.74) is 8.43. The quantitative estimate of drug-likeness (QED) is 0.685. The van der Waals surface area contributed by atoms with Crippen LogP contribution >= 0.6 is 0 Å². The van der Waals surface area contributed by atoms with Crippen molar-refractivity contribution in [3.8, 4) is 0 Å². The summed E-state index contributed by atoms with van der Waals surface area (Å²) in [5, 5.41) is 9.90. The average molecular weight is 206 g/mol. The van der Waals surface area contributed by atoms with Crippen LogP contribution in [0.2, 0.25) is 0 Å². The van der Waals surface area contributed by atoms with Crippen LogP contribution in [0, 0.1) is 6.92 Å². The molecular formula is C12H18N2O. The molecule has 3 heteroatoms. The molecule has 0 spiro atoms. The van der Waals surface area contributed by atoms with E-state index in [9.17, 15) is 5.11 Å². The summed E-state index contributed by atoms with van der Waals surface area (Å²) >= 11 is 0. The standard InChI is InChI=1S/C12H18N2O/c1-9-4-3-5-10(11(9)13)14-7-6-12(2,15)8-14/h3-5,15H,6-8,13H2,1-2H3. The number of aryl methyl sites for hydroxylation is 1. The van der Waals surface area contributed by atoms with Gasteiger partial charge >= 0.3 is 0 Å². The summed E-state index contributed by atoms with van der Waals surface area (Å²) in [4.78, 5) is 2.16. The molecule has 1 aliphatic rings. The van der Waals surface area contributed by atoms with Crippen LogP contribution in [-0.2, 0) is 0 Å². The maximum atomic E-state index is 9.90. The van der Waals surface area contributed by atoms with Gasteiger partial charge in [0.25, 0.3) is 0 Å². The number of rotatable bonds is 1. The van der Waals surface area contributed by atoms with E-state index in [0.29, 0.717) is 6.54 Å². The highest BCUT2D eigenvalue weighted by Crippen LogP contribution is 2.31. The molecule has 1 aliphatic heterocycles. The molecule has 0 amide bonds. The Bertz CT molecular complexity index is 374. The second kappa shape index (κ2) is 3.42. The van der Waals surface area contributed by atoms with E-state index in [1.165, 1.54) is 0 Å². The third-order valence-corrected chi connectivity index (χ3v) is 3.09. The second-order valence-corrected chi connectivity index (χ2v) is 4.68. The van der Waals surface area contributed by atoms with Gasteiger partial charge in [0.15, 0.2) is 0 Å². The van der Waals surface area contributed by atoms with Crippen molar-refractivity contribution in [3.63, 3.8) is 0 Å². The van der Waals surface area contributed by atoms with Crippen molar-refractivity contribution < 1.29 is 5.11 Å². The van der Waals surface area contributed by atoms with E-state index in [0.717, 1.165) is 29.9 Å². The Hall–Kier alpha value is -1.22. The average Bonchev–Trinajstić information content (AvgIpc) is 2.51. The number of β-amino-alcohol motifs (C(OH)–C–C–N with tert-alkyl or cyclic N) is 1. The summed E-state index contributed by atoms with van der Waals surface area (Å²) in [7, 11) is 0. The molecule has 1 aromatic rings. The van der Waals surface area contributed by atoms with Gasteiger partial charge in [-0.1, -0.05) is 12.1 Å². The monoisotopic (exact) mass is 206 g/mol. The van der Waals surface area contributed by atoms with Gasteiger partial charge in [-0.3, -0.25) is 0 Å². The topological polar surface area (TPSA) is 49.5 Å². The molecule has 2 rings (SSSR count). The predicted octanol–water partition coefficient (Wildman–Crippen LogP) is 1.54. The minimum atomic E-state index is -0.573. The number of nitrogens with zero attached hydrogens (tertiary/aromatic N) is 1. The Morgan fingerprint density at radius 2 is 2.20 bits per heavy atom. The van der Waals surface area contributed by atoms with Gasteiger partial charge in [0.2, 0.25) is 0 Å². The van der Waals surface area contributed by atoms with Crippen LogP contribution < -0.4 is 10.6 Å². The van der Waals surface area contributed by atoms with Crippen LogP contribution in [0.15, 0.2) is 18.2 Å². The van der Waals surface area contributed by atoms with Gasteiger partial charge < -0.3 is 15.7 Å². The van der Waals surface area contributed by atoms with Crippen LogP contribution in [0.1, 0.15) is 18.9 Å². The van der Waals surface area contributed by atoms with Crippen molar-refractivity contribution in [2.45, 2.75) is 25.9 Å². The number of benzene rings is 1. The molecule has 0 aromatic heterocycles. The Balaban J connectivity index is 2.28. The number of nitrogen functional groups attached to an aromatic ring is 1. The number of nitrogens with two attached hydrogens (primary N) is 1. The number of para-hydroxylation sites is 1. The number of aliphatic hydroxyl groups is 1. The van der Waals surface area contributed by atoms with Crippen molar-refractivity contribution in [1.82, 2.24) is 0 Å². The molecule has 82 valence electrons. The highest BCUT2D eigenvalue weighted by atomic mass is 16.3. The highest BCUT2D eigenvalue weighted by molar-refractivity contribution is 5.71. The Morgan fingerprint density at radius 1 is 1.47 bits per heavy atom. The van der Waals surface area contributed by atoms with Gasteiger partial charge in [0.1, 0.15) is 0 Å². The van der Waals surface area contributed by atoms with Crippen molar-refractivity contribution in [2.24, 2.45) is 0 Å². The fourth-order valence-electron chi connectivity index (χ4n) is 2.09. The van der Waals surface area contributed by atoms with Crippen molar-refractivity contribution >= 4 is 11.4 Å². The first kappa shape index (κ1) is 10.3. The molecule has 0 radical (unpaired) electrons. The van der Waals surface area contributed by atoms with E-state index in [2.05, 4.69) is 4.90 Å². The van der Waals surface area contributed by atoms with Gasteiger partial charge in [0.05, 0.1) is 17.0 Å². The van der Waals surface area contributed by atoms with E-state index >= 15 is 0 Å². The maximum Gasteiger partial charge on any atom is 0.0810 e. The van der Waals surface area contributed by atoms with Crippen LogP contribution in [0.4, 0.5) is 11.4 Å². The lowest BCUT2D eigenvalue weighted by atomic mass is 10.1. The molecular weight excluding hydrogens is 188 g/mol. The van der Waals surface area contributed by atoms with Crippen molar-refractivity contribution in [3.05, 3.63) is 23.8 Å². The Morgan fingerprint density at radius 3 is 2.80 bits per heavy atom. The van der Waals surface area contributed by atoms with Crippen molar-refractivity contribution in [2.75, 3.05) is 23.7 Å². The largest absolute Gasteiger partial charge is 0.397 e. The Labute approximate surface area is 90.5 Å². The first-order chi connectivity index (χ1) is 6.99. The molecule has 1 unspecified atom stereocenters. The fraction of sp³-hybridized carbons (Fsp3) is 0.500. The third-order valence-electron chi connectivity index (χ3n) is 3.09. The molecule has 1 fully saturated rings. The minimum Gasteiger partial charge on any atom is -0.397 e. The van der Waals surface area contributed by atoms with E-state index in [-0.39, 0.29) is 0 Å². The highest BCUT2D eigenvalue weighted by Gasteiger charge is 2.32.